The molecule has 3 aliphatic rings. The van der Waals surface area contributed by atoms with Crippen LogP contribution in [0.3, 0.4) is 0 Å². The van der Waals surface area contributed by atoms with Gasteiger partial charge in [0.1, 0.15) is 16.7 Å². The smallest absolute Gasteiger partial charge is 0.255 e. The van der Waals surface area contributed by atoms with Crippen molar-refractivity contribution in [2.45, 2.75) is 49.9 Å². The number of nitrogens with one attached hydrogen (secondary N) is 1. The number of likely N-dealkylation sites (tertiary alicyclic amines) is 1. The molecule has 4 atom stereocenters. The monoisotopic (exact) mass is 589 g/mol. The van der Waals surface area contributed by atoms with Gasteiger partial charge in [0, 0.05) is 17.7 Å². The Hall–Kier alpha value is -4.22. The molecule has 218 valence electrons. The van der Waals surface area contributed by atoms with Crippen molar-refractivity contribution < 1.29 is 34.1 Å². The molecule has 3 aromatic carbocycles. The molecule has 0 radical (unpaired) electrons. The Kier molecular flexibility index (Phi) is 7.24. The lowest BCUT2D eigenvalue weighted by molar-refractivity contribution is -0.168. The van der Waals surface area contributed by atoms with E-state index in [0.29, 0.717) is 23.6 Å². The van der Waals surface area contributed by atoms with Crippen LogP contribution in [0.25, 0.3) is 0 Å². The van der Waals surface area contributed by atoms with E-state index in [1.165, 1.54) is 22.7 Å². The van der Waals surface area contributed by atoms with Gasteiger partial charge in [-0.3, -0.25) is 14.4 Å². The highest BCUT2D eigenvalue weighted by Gasteiger charge is 2.65. The molecule has 0 aliphatic carbocycles. The fourth-order valence-electron chi connectivity index (χ4n) is 5.75. The first-order valence-electron chi connectivity index (χ1n) is 13.6. The Balaban J connectivity index is 1.19. The van der Waals surface area contributed by atoms with Gasteiger partial charge in [-0.1, -0.05) is 42.5 Å². The van der Waals surface area contributed by atoms with Gasteiger partial charge >= 0.3 is 0 Å². The number of hydrogen-bond acceptors (Lipinski definition) is 8. The van der Waals surface area contributed by atoms with Crippen LogP contribution in [0.1, 0.15) is 34.0 Å². The maximum absolute atomic E-state index is 13.8. The SMILES string of the molecule is Cc1c(O)cccc1C(=O)N[C@@H](Cc1ccccc1)[C@H](O)C(=O)N1CSC2(C)[C@H]1C(=O)N2Cc1ccc2c(c1)OCO2. The van der Waals surface area contributed by atoms with Crippen molar-refractivity contribution in [3.05, 3.63) is 89.0 Å². The summed E-state index contributed by atoms with van der Waals surface area (Å²) in [5.74, 6) is 0.134. The molecule has 3 amide bonds. The van der Waals surface area contributed by atoms with E-state index < -0.39 is 34.9 Å². The number of ether oxygens (including phenoxy) is 2. The van der Waals surface area contributed by atoms with Crippen LogP contribution in [-0.2, 0) is 22.6 Å². The van der Waals surface area contributed by atoms with Gasteiger partial charge in [-0.2, -0.15) is 0 Å². The van der Waals surface area contributed by atoms with Crippen molar-refractivity contribution in [3.63, 3.8) is 0 Å². The highest BCUT2D eigenvalue weighted by molar-refractivity contribution is 8.01. The minimum Gasteiger partial charge on any atom is -0.508 e. The molecule has 0 aromatic heterocycles. The van der Waals surface area contributed by atoms with Gasteiger partial charge in [-0.05, 0) is 55.7 Å². The van der Waals surface area contributed by atoms with E-state index in [9.17, 15) is 24.6 Å². The Morgan fingerprint density at radius 2 is 1.83 bits per heavy atom. The van der Waals surface area contributed by atoms with Crippen molar-refractivity contribution >= 4 is 29.5 Å². The number of β-lactam (4-membered cyclic amide) rings is 1. The van der Waals surface area contributed by atoms with Gasteiger partial charge in [0.25, 0.3) is 11.8 Å². The summed E-state index contributed by atoms with van der Waals surface area (Å²) in [6, 6.07) is 17.7. The van der Waals surface area contributed by atoms with Gasteiger partial charge in [0.15, 0.2) is 17.6 Å². The zero-order chi connectivity index (χ0) is 29.6. The molecule has 42 heavy (non-hydrogen) atoms. The average Bonchev–Trinajstić information content (AvgIpc) is 3.59. The second-order valence-corrected chi connectivity index (χ2v) is 12.2. The average molecular weight is 590 g/mol. The van der Waals surface area contributed by atoms with Crippen molar-refractivity contribution in [3.8, 4) is 17.2 Å². The van der Waals surface area contributed by atoms with E-state index in [1.807, 2.05) is 55.5 Å². The van der Waals surface area contributed by atoms with Crippen LogP contribution in [0.5, 0.6) is 17.2 Å². The molecular weight excluding hydrogens is 558 g/mol. The predicted molar refractivity (Wildman–Crippen MR) is 155 cm³/mol. The standard InChI is InChI=1S/C31H31N3O7S/c1-18-21(9-6-10-23(18)35)28(37)32-22(13-19-7-4-3-5-8-19)26(36)29(38)33-16-42-31(2)27(33)30(39)34(31)15-20-11-12-24-25(14-20)41-17-40-24/h3-12,14,22,26-27,35-36H,13,15-17H2,1-2H3,(H,32,37)/t22-,26-,27+,31?/m0/s1. The summed E-state index contributed by atoms with van der Waals surface area (Å²) in [7, 11) is 0. The molecule has 2 fully saturated rings. The van der Waals surface area contributed by atoms with Crippen LogP contribution in [0.15, 0.2) is 66.7 Å². The zero-order valence-corrected chi connectivity index (χ0v) is 24.0. The van der Waals surface area contributed by atoms with Crippen LogP contribution >= 0.6 is 11.8 Å². The number of phenolic OH excluding ortho intramolecular Hbond substituents is 1. The number of aliphatic hydroxyl groups excluding tert-OH is 1. The second-order valence-electron chi connectivity index (χ2n) is 10.8. The first-order valence-corrected chi connectivity index (χ1v) is 14.6. The van der Waals surface area contributed by atoms with Gasteiger partial charge in [-0.15, -0.1) is 11.8 Å². The summed E-state index contributed by atoms with van der Waals surface area (Å²) in [4.78, 5) is 42.9. The molecule has 3 aromatic rings. The van der Waals surface area contributed by atoms with Crippen LogP contribution in [0.2, 0.25) is 0 Å². The molecule has 3 N–H and O–H groups in total. The number of aliphatic hydroxyl groups is 1. The number of benzene rings is 3. The van der Waals surface area contributed by atoms with Gasteiger partial charge < -0.3 is 34.8 Å². The number of rotatable bonds is 8. The van der Waals surface area contributed by atoms with Crippen molar-refractivity contribution in [1.82, 2.24) is 15.1 Å². The molecule has 11 heteroatoms. The third-order valence-corrected chi connectivity index (χ3v) is 9.65. The summed E-state index contributed by atoms with van der Waals surface area (Å²) < 4.78 is 10.8. The fraction of sp³-hybridized carbons (Fsp3) is 0.323. The van der Waals surface area contributed by atoms with E-state index in [0.717, 1.165) is 11.1 Å². The molecule has 0 spiro atoms. The summed E-state index contributed by atoms with van der Waals surface area (Å²) in [6.07, 6.45) is -1.42. The van der Waals surface area contributed by atoms with Gasteiger partial charge in [0.2, 0.25) is 12.7 Å². The molecule has 3 aliphatic heterocycles. The van der Waals surface area contributed by atoms with E-state index >= 15 is 0 Å². The van der Waals surface area contributed by atoms with E-state index in [-0.39, 0.29) is 36.3 Å². The highest BCUT2D eigenvalue weighted by Crippen LogP contribution is 2.51. The molecule has 2 saturated heterocycles. The Bertz CT molecular complexity index is 1550. The molecule has 1 unspecified atom stereocenters. The van der Waals surface area contributed by atoms with Gasteiger partial charge in [-0.25, -0.2) is 0 Å². The number of amides is 3. The molecule has 0 saturated carbocycles. The second kappa shape index (κ2) is 10.9. The van der Waals surface area contributed by atoms with Gasteiger partial charge in [0.05, 0.1) is 11.9 Å². The number of aromatic hydroxyl groups is 1. The third-order valence-electron chi connectivity index (χ3n) is 8.21. The first kappa shape index (κ1) is 27.9. The Labute approximate surface area is 247 Å². The number of thioether (sulfide) groups is 1. The van der Waals surface area contributed by atoms with Crippen molar-refractivity contribution in [2.75, 3.05) is 12.7 Å². The number of carbonyl (C=O) groups excluding carboxylic acids is 3. The maximum atomic E-state index is 13.8. The molecule has 6 rings (SSSR count). The molecule has 10 nitrogen and oxygen atoms in total. The van der Waals surface area contributed by atoms with E-state index in [2.05, 4.69) is 5.32 Å². The summed E-state index contributed by atoms with van der Waals surface area (Å²) >= 11 is 1.46. The Morgan fingerprint density at radius 3 is 2.62 bits per heavy atom. The van der Waals surface area contributed by atoms with E-state index in [4.69, 9.17) is 9.47 Å². The maximum Gasteiger partial charge on any atom is 0.255 e. The number of phenols is 1. The third kappa shape index (κ3) is 4.82. The topological polar surface area (TPSA) is 129 Å². The summed E-state index contributed by atoms with van der Waals surface area (Å²) in [5, 5.41) is 24.3. The highest BCUT2D eigenvalue weighted by atomic mass is 32.2. The molecular formula is C31H31N3O7S. The minimum absolute atomic E-state index is 0.0268. The Morgan fingerprint density at radius 1 is 1.07 bits per heavy atom. The van der Waals surface area contributed by atoms with Crippen LogP contribution in [0.4, 0.5) is 0 Å². The van der Waals surface area contributed by atoms with Crippen molar-refractivity contribution in [1.29, 1.82) is 0 Å². The fourth-order valence-corrected chi connectivity index (χ4v) is 7.12. The molecule has 3 heterocycles. The number of carbonyl (C=O) groups is 3. The largest absolute Gasteiger partial charge is 0.508 e. The first-order chi connectivity index (χ1) is 20.2. The molecule has 0 bridgehead atoms. The van der Waals surface area contributed by atoms with Crippen LogP contribution in [-0.4, -0.2) is 73.5 Å². The minimum atomic E-state index is -1.61. The lowest BCUT2D eigenvalue weighted by Gasteiger charge is -2.52. The number of fused-ring (bicyclic) bond motifs is 2. The quantitative estimate of drug-likeness (QED) is 0.342. The lowest BCUT2D eigenvalue weighted by Crippen LogP contribution is -2.73. The van der Waals surface area contributed by atoms with Crippen LogP contribution < -0.4 is 14.8 Å². The van der Waals surface area contributed by atoms with Crippen molar-refractivity contribution in [2.24, 2.45) is 0 Å². The summed E-state index contributed by atoms with van der Waals surface area (Å²) in [6.45, 7) is 4.05. The summed E-state index contributed by atoms with van der Waals surface area (Å²) in [5.41, 5.74) is 2.33. The van der Waals surface area contributed by atoms with E-state index in [1.54, 1.807) is 24.0 Å². The van der Waals surface area contributed by atoms with Crippen LogP contribution in [0, 0.1) is 6.92 Å². The number of hydrogen-bond donors (Lipinski definition) is 3. The normalized spacial score (nSPS) is 21.9. The number of nitrogens with zero attached hydrogens (tertiary/aromatic N) is 2. The zero-order valence-electron chi connectivity index (χ0n) is 23.1. The predicted octanol–water partition coefficient (Wildman–Crippen LogP) is 2.79. The lowest BCUT2D eigenvalue weighted by atomic mass is 9.92.